The fourth-order valence-electron chi connectivity index (χ4n) is 5.17. The van der Waals surface area contributed by atoms with Crippen molar-refractivity contribution in [3.05, 3.63) is 94.5 Å². The van der Waals surface area contributed by atoms with Crippen LogP contribution in [-0.2, 0) is 13.4 Å². The fourth-order valence-corrected chi connectivity index (χ4v) is 5.17. The highest BCUT2D eigenvalue weighted by molar-refractivity contribution is 6.15. The molecule has 3 heteroatoms. The van der Waals surface area contributed by atoms with Crippen LogP contribution in [-0.4, -0.2) is 0 Å². The number of nitrogens with zero attached hydrogens (tertiary/aromatic N) is 2. The molecule has 3 aromatic carbocycles. The Morgan fingerprint density at radius 2 is 1.54 bits per heavy atom. The maximum atomic E-state index is 8.77. The zero-order chi connectivity index (χ0) is 28.2. The average molecular weight is 490 g/mol. The summed E-state index contributed by atoms with van der Waals surface area (Å²) in [6, 6.07) is 20.4. The van der Waals surface area contributed by atoms with Crippen molar-refractivity contribution in [3.8, 4) is 22.4 Å². The molecule has 0 atom stereocenters. The molecule has 0 bridgehead atoms. The van der Waals surface area contributed by atoms with E-state index in [1.165, 1.54) is 5.56 Å². The summed E-state index contributed by atoms with van der Waals surface area (Å²) < 4.78 is 26.4. The average Bonchev–Trinajstić information content (AvgIpc) is 3.28. The van der Waals surface area contributed by atoms with E-state index in [-0.39, 0.29) is 5.92 Å². The molecule has 0 saturated heterocycles. The summed E-state index contributed by atoms with van der Waals surface area (Å²) in [4.78, 5) is 3.85. The quantitative estimate of drug-likeness (QED) is 0.178. The highest BCUT2D eigenvalue weighted by atomic mass is 16.3. The number of fused-ring (bicyclic) bond motifs is 3. The Morgan fingerprint density at radius 1 is 0.892 bits per heavy atom. The molecule has 0 aliphatic heterocycles. The monoisotopic (exact) mass is 489 g/mol. The molecule has 0 saturated carbocycles. The topological polar surface area (TPSA) is 21.4 Å². The van der Waals surface area contributed by atoms with Crippen LogP contribution in [0.3, 0.4) is 0 Å². The molecular weight excluding hydrogens is 452 g/mol. The highest BCUT2D eigenvalue weighted by Crippen LogP contribution is 2.44. The molecule has 0 aliphatic rings. The lowest BCUT2D eigenvalue weighted by molar-refractivity contribution is -0.666. The van der Waals surface area contributed by atoms with Gasteiger partial charge in [-0.05, 0) is 47.4 Å². The lowest BCUT2D eigenvalue weighted by Gasteiger charge is -2.11. The predicted molar refractivity (Wildman–Crippen MR) is 154 cm³/mol. The van der Waals surface area contributed by atoms with Gasteiger partial charge in [-0.1, -0.05) is 76.2 Å². The molecule has 0 spiro atoms. The summed E-state index contributed by atoms with van der Waals surface area (Å²) in [5, 5.41) is 1.95. The second-order valence-corrected chi connectivity index (χ2v) is 10.6. The van der Waals surface area contributed by atoms with Crippen molar-refractivity contribution in [1.82, 2.24) is 0 Å². The number of furan rings is 1. The SMILES string of the molecule is [2H]C([2H])(c1cc(C)[n+](C)c(-c2c(C)ccc3c2oc2c(-c4ccc(C(C)C)cc4)c([N+]#[C-])ccc23)c1)C(C)C. The van der Waals surface area contributed by atoms with Gasteiger partial charge in [0.15, 0.2) is 11.4 Å². The van der Waals surface area contributed by atoms with Crippen molar-refractivity contribution in [2.24, 2.45) is 13.0 Å². The standard InChI is InChI=1S/C34H35N2O/c1-20(2)17-24-18-23(6)36(8)30(19-24)31-22(5)9-14-27-28-15-16-29(35-7)32(34(28)37-33(27)31)26-12-10-25(11-13-26)21(3)4/h9-16,18-21H,17H2,1-6,8H3/q+1/i17D2. The molecule has 37 heavy (non-hydrogen) atoms. The van der Waals surface area contributed by atoms with Crippen LogP contribution in [0.4, 0.5) is 5.69 Å². The normalized spacial score (nSPS) is 12.9. The van der Waals surface area contributed by atoms with Crippen LogP contribution < -0.4 is 4.57 Å². The minimum absolute atomic E-state index is 0.169. The number of aryl methyl sites for hydroxylation is 2. The van der Waals surface area contributed by atoms with Crippen molar-refractivity contribution >= 4 is 27.6 Å². The first-order chi connectivity index (χ1) is 18.4. The van der Waals surface area contributed by atoms with Crippen molar-refractivity contribution in [3.63, 3.8) is 0 Å². The molecule has 0 amide bonds. The van der Waals surface area contributed by atoms with Gasteiger partial charge in [0.05, 0.1) is 12.1 Å². The smallest absolute Gasteiger partial charge is 0.216 e. The molecule has 0 radical (unpaired) electrons. The van der Waals surface area contributed by atoms with E-state index >= 15 is 0 Å². The lowest BCUT2D eigenvalue weighted by Crippen LogP contribution is -2.35. The largest absolute Gasteiger partial charge is 0.456 e. The molecule has 186 valence electrons. The molecule has 5 aromatic rings. The maximum Gasteiger partial charge on any atom is 0.216 e. The van der Waals surface area contributed by atoms with Crippen LogP contribution >= 0.6 is 0 Å². The predicted octanol–water partition coefficient (Wildman–Crippen LogP) is 9.23. The minimum atomic E-state index is -1.47. The van der Waals surface area contributed by atoms with Crippen LogP contribution in [0.5, 0.6) is 0 Å². The van der Waals surface area contributed by atoms with Gasteiger partial charge in [0.1, 0.15) is 18.2 Å². The molecule has 2 heterocycles. The molecule has 0 N–H and O–H groups in total. The summed E-state index contributed by atoms with van der Waals surface area (Å²) in [7, 11) is 2.01. The van der Waals surface area contributed by atoms with Crippen LogP contribution in [0, 0.1) is 26.3 Å². The van der Waals surface area contributed by atoms with Gasteiger partial charge in [-0.3, -0.25) is 0 Å². The second-order valence-electron chi connectivity index (χ2n) is 10.6. The van der Waals surface area contributed by atoms with E-state index in [9.17, 15) is 0 Å². The number of hydrogen-bond acceptors (Lipinski definition) is 1. The Balaban J connectivity index is 1.84. The van der Waals surface area contributed by atoms with Crippen molar-refractivity contribution < 1.29 is 11.7 Å². The summed E-state index contributed by atoms with van der Waals surface area (Å²) >= 11 is 0. The first-order valence-electron chi connectivity index (χ1n) is 13.9. The van der Waals surface area contributed by atoms with E-state index in [1.807, 2.05) is 52.1 Å². The van der Waals surface area contributed by atoms with E-state index in [2.05, 4.69) is 66.6 Å². The zero-order valence-electron chi connectivity index (χ0n) is 24.7. The molecule has 0 unspecified atom stereocenters. The van der Waals surface area contributed by atoms with Crippen LogP contribution in [0.2, 0.25) is 0 Å². The van der Waals surface area contributed by atoms with Gasteiger partial charge in [-0.25, -0.2) is 4.85 Å². The Kier molecular flexibility index (Phi) is 5.74. The minimum Gasteiger partial charge on any atom is -0.456 e. The lowest BCUT2D eigenvalue weighted by atomic mass is 9.95. The molecular formula is C34H35N2O+. The summed E-state index contributed by atoms with van der Waals surface area (Å²) in [6.45, 7) is 20.1. The number of benzene rings is 3. The zero-order valence-corrected chi connectivity index (χ0v) is 22.7. The van der Waals surface area contributed by atoms with Gasteiger partial charge in [0, 0.05) is 38.1 Å². The first-order valence-corrected chi connectivity index (χ1v) is 12.9. The Bertz CT molecular complexity index is 1770. The molecule has 3 nitrogen and oxygen atoms in total. The van der Waals surface area contributed by atoms with Gasteiger partial charge in [-0.2, -0.15) is 4.57 Å². The molecule has 0 aliphatic carbocycles. The fraction of sp³-hybridized carbons (Fsp3) is 0.294. The van der Waals surface area contributed by atoms with Gasteiger partial charge in [0.25, 0.3) is 0 Å². The van der Waals surface area contributed by atoms with Gasteiger partial charge < -0.3 is 4.42 Å². The van der Waals surface area contributed by atoms with Crippen LogP contribution in [0.1, 0.15) is 58.7 Å². The maximum absolute atomic E-state index is 8.77. The van der Waals surface area contributed by atoms with Gasteiger partial charge in [0.2, 0.25) is 5.69 Å². The molecule has 0 fully saturated rings. The third kappa shape index (κ3) is 4.31. The van der Waals surface area contributed by atoms with Crippen LogP contribution in [0.25, 0.3) is 49.2 Å². The molecule has 2 aromatic heterocycles. The van der Waals surface area contributed by atoms with Crippen molar-refractivity contribution in [1.29, 1.82) is 0 Å². The molecule has 5 rings (SSSR count). The summed E-state index contributed by atoms with van der Waals surface area (Å²) in [5.41, 5.74) is 9.58. The Hall–Kier alpha value is -3.90. The summed E-state index contributed by atoms with van der Waals surface area (Å²) in [5.74, 6) is 0.256. The third-order valence-corrected chi connectivity index (χ3v) is 7.24. The third-order valence-electron chi connectivity index (χ3n) is 7.24. The van der Waals surface area contributed by atoms with E-state index in [0.29, 0.717) is 22.8 Å². The van der Waals surface area contributed by atoms with Crippen molar-refractivity contribution in [2.45, 2.75) is 53.8 Å². The van der Waals surface area contributed by atoms with E-state index in [1.54, 1.807) is 0 Å². The highest BCUT2D eigenvalue weighted by Gasteiger charge is 2.24. The number of aromatic nitrogens is 1. The Labute approximate surface area is 223 Å². The number of pyridine rings is 1. The second kappa shape index (κ2) is 9.52. The van der Waals surface area contributed by atoms with Gasteiger partial charge >= 0.3 is 0 Å². The van der Waals surface area contributed by atoms with E-state index in [4.69, 9.17) is 13.7 Å². The van der Waals surface area contributed by atoms with Crippen molar-refractivity contribution in [2.75, 3.05) is 0 Å². The Morgan fingerprint density at radius 3 is 2.16 bits per heavy atom. The number of hydrogen-bond donors (Lipinski definition) is 0. The van der Waals surface area contributed by atoms with Gasteiger partial charge in [-0.15, -0.1) is 0 Å². The number of rotatable bonds is 5. The first kappa shape index (κ1) is 22.3. The van der Waals surface area contributed by atoms with E-state index in [0.717, 1.165) is 50.0 Å². The summed E-state index contributed by atoms with van der Waals surface area (Å²) in [6.07, 6.45) is -1.47. The van der Waals surface area contributed by atoms with Crippen LogP contribution in [0.15, 0.2) is 65.1 Å². The van der Waals surface area contributed by atoms with E-state index < -0.39 is 6.37 Å².